The molecule has 2 atom stereocenters. The summed E-state index contributed by atoms with van der Waals surface area (Å²) in [7, 11) is 2.02. The van der Waals surface area contributed by atoms with Crippen LogP contribution in [0.3, 0.4) is 0 Å². The van der Waals surface area contributed by atoms with Crippen LogP contribution in [0.4, 0.5) is 10.1 Å². The van der Waals surface area contributed by atoms with Crippen LogP contribution in [0, 0.1) is 11.7 Å². The Labute approximate surface area is 95.6 Å². The van der Waals surface area contributed by atoms with Gasteiger partial charge in [-0.2, -0.15) is 0 Å². The zero-order valence-corrected chi connectivity index (χ0v) is 9.44. The Kier molecular flexibility index (Phi) is 3.25. The Morgan fingerprint density at radius 1 is 1.31 bits per heavy atom. The molecule has 0 spiro atoms. The monoisotopic (exact) mass is 220 g/mol. The summed E-state index contributed by atoms with van der Waals surface area (Å²) in [4.78, 5) is 2.13. The van der Waals surface area contributed by atoms with E-state index in [2.05, 4.69) is 17.1 Å². The van der Waals surface area contributed by atoms with Crippen molar-refractivity contribution >= 4 is 5.69 Å². The van der Waals surface area contributed by atoms with Gasteiger partial charge >= 0.3 is 0 Å². The lowest BCUT2D eigenvalue weighted by Gasteiger charge is -2.22. The third-order valence-corrected chi connectivity index (χ3v) is 2.98. The number of benzene rings is 1. The van der Waals surface area contributed by atoms with Crippen LogP contribution < -0.4 is 10.6 Å². The van der Waals surface area contributed by atoms with E-state index in [4.69, 9.17) is 5.73 Å². The molecule has 0 saturated carbocycles. The van der Waals surface area contributed by atoms with Crippen molar-refractivity contribution in [3.8, 4) is 0 Å². The number of halogens is 1. The van der Waals surface area contributed by atoms with Crippen LogP contribution in [-0.4, -0.2) is 19.6 Å². The zero-order chi connectivity index (χ0) is 11.5. The third kappa shape index (κ3) is 2.61. The molecule has 0 radical (unpaired) electrons. The maximum Gasteiger partial charge on any atom is 0.123 e. The summed E-state index contributed by atoms with van der Waals surface area (Å²) in [6.45, 7) is 0.926. The Hall–Kier alpha value is -1.35. The van der Waals surface area contributed by atoms with Crippen LogP contribution in [0.5, 0.6) is 0 Å². The topological polar surface area (TPSA) is 29.3 Å². The molecular weight excluding hydrogens is 203 g/mol. The fourth-order valence-electron chi connectivity index (χ4n) is 2.09. The molecule has 1 aliphatic carbocycles. The minimum absolute atomic E-state index is 0.195. The molecular formula is C13H17FN2. The SMILES string of the molecule is CN(CC1C=CC(N)C1)c1ccc(F)cc1. The zero-order valence-electron chi connectivity index (χ0n) is 9.44. The van der Waals surface area contributed by atoms with E-state index in [9.17, 15) is 4.39 Å². The fraction of sp³-hybridized carbons (Fsp3) is 0.385. The summed E-state index contributed by atoms with van der Waals surface area (Å²) in [6.07, 6.45) is 5.24. The van der Waals surface area contributed by atoms with E-state index >= 15 is 0 Å². The maximum absolute atomic E-state index is 12.8. The molecule has 16 heavy (non-hydrogen) atoms. The van der Waals surface area contributed by atoms with E-state index in [0.717, 1.165) is 18.7 Å². The van der Waals surface area contributed by atoms with Gasteiger partial charge in [-0.3, -0.25) is 0 Å². The lowest BCUT2D eigenvalue weighted by molar-refractivity contribution is 0.586. The summed E-state index contributed by atoms with van der Waals surface area (Å²) >= 11 is 0. The van der Waals surface area contributed by atoms with Crippen LogP contribution in [-0.2, 0) is 0 Å². The van der Waals surface area contributed by atoms with E-state index in [1.54, 1.807) is 12.1 Å². The number of rotatable bonds is 3. The van der Waals surface area contributed by atoms with Crippen molar-refractivity contribution in [2.45, 2.75) is 12.5 Å². The van der Waals surface area contributed by atoms with Crippen molar-refractivity contribution in [1.29, 1.82) is 0 Å². The van der Waals surface area contributed by atoms with Gasteiger partial charge in [0.05, 0.1) is 0 Å². The van der Waals surface area contributed by atoms with Crippen molar-refractivity contribution < 1.29 is 4.39 Å². The summed E-state index contributed by atoms with van der Waals surface area (Å²) in [5, 5.41) is 0. The molecule has 0 aromatic heterocycles. The number of anilines is 1. The van der Waals surface area contributed by atoms with Gasteiger partial charge in [-0.15, -0.1) is 0 Å². The molecule has 1 aliphatic rings. The first kappa shape index (κ1) is 11.1. The lowest BCUT2D eigenvalue weighted by atomic mass is 10.1. The predicted octanol–water partition coefficient (Wildman–Crippen LogP) is 2.17. The molecule has 0 aliphatic heterocycles. The Balaban J connectivity index is 1.95. The van der Waals surface area contributed by atoms with Crippen LogP contribution in [0.1, 0.15) is 6.42 Å². The summed E-state index contributed by atoms with van der Waals surface area (Å²) in [5.74, 6) is 0.310. The molecule has 0 saturated heterocycles. The first-order valence-electron chi connectivity index (χ1n) is 5.56. The molecule has 1 aromatic rings. The Morgan fingerprint density at radius 3 is 2.56 bits per heavy atom. The van der Waals surface area contributed by atoms with Crippen LogP contribution in [0.25, 0.3) is 0 Å². The molecule has 2 unspecified atom stereocenters. The normalized spacial score (nSPS) is 23.7. The minimum atomic E-state index is -0.195. The molecule has 1 aromatic carbocycles. The standard InChI is InChI=1S/C13H17FN2/c1-16(9-10-2-5-12(15)8-10)13-6-3-11(14)4-7-13/h2-7,10,12H,8-9,15H2,1H3. The van der Waals surface area contributed by atoms with Gasteiger partial charge in [0.15, 0.2) is 0 Å². The summed E-state index contributed by atoms with van der Waals surface area (Å²) in [6, 6.07) is 6.78. The molecule has 2 nitrogen and oxygen atoms in total. The molecule has 0 amide bonds. The molecule has 0 heterocycles. The van der Waals surface area contributed by atoms with Gasteiger partial charge in [-0.1, -0.05) is 12.2 Å². The number of nitrogens with zero attached hydrogens (tertiary/aromatic N) is 1. The van der Waals surface area contributed by atoms with Crippen molar-refractivity contribution in [1.82, 2.24) is 0 Å². The van der Waals surface area contributed by atoms with Gasteiger partial charge in [0.1, 0.15) is 5.82 Å². The summed E-state index contributed by atoms with van der Waals surface area (Å²) < 4.78 is 12.8. The highest BCUT2D eigenvalue weighted by Gasteiger charge is 2.17. The highest BCUT2D eigenvalue weighted by Crippen LogP contribution is 2.20. The third-order valence-electron chi connectivity index (χ3n) is 2.98. The average Bonchev–Trinajstić information content (AvgIpc) is 2.65. The summed E-state index contributed by atoms with van der Waals surface area (Å²) in [5.41, 5.74) is 6.84. The van der Waals surface area contributed by atoms with Crippen LogP contribution in [0.2, 0.25) is 0 Å². The van der Waals surface area contributed by atoms with Gasteiger partial charge in [0.25, 0.3) is 0 Å². The van der Waals surface area contributed by atoms with Crippen molar-refractivity contribution in [2.24, 2.45) is 11.7 Å². The predicted molar refractivity (Wildman–Crippen MR) is 64.9 cm³/mol. The van der Waals surface area contributed by atoms with Crippen LogP contribution >= 0.6 is 0 Å². The van der Waals surface area contributed by atoms with Gasteiger partial charge in [0.2, 0.25) is 0 Å². The molecule has 0 bridgehead atoms. The highest BCUT2D eigenvalue weighted by molar-refractivity contribution is 5.45. The first-order valence-corrected chi connectivity index (χ1v) is 5.56. The van der Waals surface area contributed by atoms with Gasteiger partial charge < -0.3 is 10.6 Å². The fourth-order valence-corrected chi connectivity index (χ4v) is 2.09. The first-order chi connectivity index (χ1) is 7.65. The lowest BCUT2D eigenvalue weighted by Crippen LogP contribution is -2.25. The van der Waals surface area contributed by atoms with Crippen molar-refractivity contribution in [3.05, 3.63) is 42.2 Å². The van der Waals surface area contributed by atoms with E-state index in [1.807, 2.05) is 7.05 Å². The molecule has 86 valence electrons. The number of hydrogen-bond acceptors (Lipinski definition) is 2. The second-order valence-corrected chi connectivity index (χ2v) is 4.40. The Morgan fingerprint density at radius 2 is 2.00 bits per heavy atom. The number of nitrogens with two attached hydrogens (primary N) is 1. The average molecular weight is 220 g/mol. The van der Waals surface area contributed by atoms with E-state index in [1.165, 1.54) is 12.1 Å². The Bertz CT molecular complexity index is 372. The molecule has 2 N–H and O–H groups in total. The van der Waals surface area contributed by atoms with Crippen molar-refractivity contribution in [3.63, 3.8) is 0 Å². The minimum Gasteiger partial charge on any atom is -0.374 e. The molecule has 0 fully saturated rings. The van der Waals surface area contributed by atoms with E-state index in [0.29, 0.717) is 5.92 Å². The smallest absolute Gasteiger partial charge is 0.123 e. The quantitative estimate of drug-likeness (QED) is 0.791. The second-order valence-electron chi connectivity index (χ2n) is 4.40. The van der Waals surface area contributed by atoms with E-state index < -0.39 is 0 Å². The van der Waals surface area contributed by atoms with Gasteiger partial charge in [-0.05, 0) is 36.6 Å². The largest absolute Gasteiger partial charge is 0.374 e. The van der Waals surface area contributed by atoms with E-state index in [-0.39, 0.29) is 11.9 Å². The molecule has 2 rings (SSSR count). The highest BCUT2D eigenvalue weighted by atomic mass is 19.1. The second kappa shape index (κ2) is 4.66. The maximum atomic E-state index is 12.8. The number of hydrogen-bond donors (Lipinski definition) is 1. The van der Waals surface area contributed by atoms with Crippen LogP contribution in [0.15, 0.2) is 36.4 Å². The van der Waals surface area contributed by atoms with Gasteiger partial charge in [-0.25, -0.2) is 4.39 Å². The van der Waals surface area contributed by atoms with Gasteiger partial charge in [0, 0.05) is 25.3 Å². The van der Waals surface area contributed by atoms with Crippen molar-refractivity contribution in [2.75, 3.05) is 18.5 Å². The molecule has 3 heteroatoms.